The van der Waals surface area contributed by atoms with Crippen LogP contribution in [-0.4, -0.2) is 35.5 Å². The fraction of sp³-hybridized carbons (Fsp3) is 0.900. The summed E-state index contributed by atoms with van der Waals surface area (Å²) in [5, 5.41) is -0.414. The van der Waals surface area contributed by atoms with Gasteiger partial charge < -0.3 is 5.73 Å². The fourth-order valence-electron chi connectivity index (χ4n) is 2.04. The van der Waals surface area contributed by atoms with Gasteiger partial charge in [-0.15, -0.1) is 0 Å². The zero-order valence-corrected chi connectivity index (χ0v) is 11.5. The smallest absolute Gasteiger partial charge is 0.217 e. The van der Waals surface area contributed by atoms with Gasteiger partial charge in [0.15, 0.2) is 0 Å². The number of sulfonamides is 1. The normalized spacial score (nSPS) is 18.5. The number of hydrogen-bond acceptors (Lipinski definition) is 3. The van der Waals surface area contributed by atoms with Crippen LogP contribution in [0.15, 0.2) is 0 Å². The summed E-state index contributed by atoms with van der Waals surface area (Å²) in [5.41, 5.74) is 5.48. The molecule has 16 heavy (non-hydrogen) atoms. The highest BCUT2D eigenvalue weighted by Crippen LogP contribution is 2.26. The minimum atomic E-state index is -3.25. The molecule has 0 spiro atoms. The van der Waals surface area contributed by atoms with Gasteiger partial charge in [-0.3, -0.25) is 0 Å². The molecule has 1 fully saturated rings. The fourth-order valence-corrected chi connectivity index (χ4v) is 3.75. The minimum absolute atomic E-state index is 0.0916. The van der Waals surface area contributed by atoms with Crippen molar-refractivity contribution in [1.29, 1.82) is 0 Å². The SMILES string of the molecule is CC(C)S(=O)(=O)N(CC(N)=S)C1CCCC1. The van der Waals surface area contributed by atoms with Gasteiger partial charge in [-0.1, -0.05) is 25.1 Å². The Morgan fingerprint density at radius 2 is 1.94 bits per heavy atom. The van der Waals surface area contributed by atoms with Crippen LogP contribution in [0.1, 0.15) is 39.5 Å². The Balaban J connectivity index is 2.90. The molecule has 6 heteroatoms. The molecule has 0 aromatic rings. The van der Waals surface area contributed by atoms with E-state index in [9.17, 15) is 8.42 Å². The first-order chi connectivity index (χ1) is 7.35. The molecular formula is C10H20N2O2S2. The van der Waals surface area contributed by atoms with Gasteiger partial charge in [0, 0.05) is 6.04 Å². The molecule has 1 saturated carbocycles. The first kappa shape index (κ1) is 13.9. The zero-order chi connectivity index (χ0) is 12.3. The lowest BCUT2D eigenvalue weighted by Crippen LogP contribution is -2.46. The molecule has 0 amide bonds. The van der Waals surface area contributed by atoms with E-state index >= 15 is 0 Å². The second-order valence-corrected chi connectivity index (χ2v) is 7.51. The van der Waals surface area contributed by atoms with Gasteiger partial charge >= 0.3 is 0 Å². The first-order valence-corrected chi connectivity index (χ1v) is 7.56. The highest BCUT2D eigenvalue weighted by Gasteiger charge is 2.34. The predicted octanol–water partition coefficient (Wildman–Crippen LogP) is 1.26. The number of thiocarbonyl (C=S) groups is 1. The van der Waals surface area contributed by atoms with E-state index in [2.05, 4.69) is 0 Å². The van der Waals surface area contributed by atoms with Crippen LogP contribution >= 0.6 is 12.2 Å². The van der Waals surface area contributed by atoms with Crippen LogP contribution in [0.3, 0.4) is 0 Å². The standard InChI is InChI=1S/C10H20N2O2S2/c1-8(2)16(13,14)12(7-10(11)15)9-5-3-4-6-9/h8-9H,3-7H2,1-2H3,(H2,11,15). The molecule has 0 unspecified atom stereocenters. The highest BCUT2D eigenvalue weighted by atomic mass is 32.2. The molecule has 0 atom stereocenters. The van der Waals surface area contributed by atoms with Gasteiger partial charge in [0.25, 0.3) is 0 Å². The summed E-state index contributed by atoms with van der Waals surface area (Å²) in [5.74, 6) is 0. The third kappa shape index (κ3) is 3.15. The maximum absolute atomic E-state index is 12.2. The van der Waals surface area contributed by atoms with Crippen LogP contribution in [0.5, 0.6) is 0 Å². The summed E-state index contributed by atoms with van der Waals surface area (Å²) in [6, 6.07) is 0.0916. The molecule has 0 radical (unpaired) electrons. The van der Waals surface area contributed by atoms with Crippen molar-refractivity contribution < 1.29 is 8.42 Å². The van der Waals surface area contributed by atoms with Gasteiger partial charge in [-0.05, 0) is 26.7 Å². The first-order valence-electron chi connectivity index (χ1n) is 5.64. The molecule has 0 saturated heterocycles. The highest BCUT2D eigenvalue weighted by molar-refractivity contribution is 7.89. The summed E-state index contributed by atoms with van der Waals surface area (Å²) >= 11 is 4.83. The molecule has 1 aliphatic rings. The quantitative estimate of drug-likeness (QED) is 0.759. The van der Waals surface area contributed by atoms with Crippen molar-refractivity contribution >= 4 is 27.2 Å². The van der Waals surface area contributed by atoms with E-state index in [1.165, 1.54) is 4.31 Å². The number of hydrogen-bond donors (Lipinski definition) is 1. The Hall–Kier alpha value is -0.200. The van der Waals surface area contributed by atoms with E-state index in [4.69, 9.17) is 18.0 Å². The van der Waals surface area contributed by atoms with Crippen molar-refractivity contribution in [2.75, 3.05) is 6.54 Å². The lowest BCUT2D eigenvalue weighted by atomic mass is 10.2. The van der Waals surface area contributed by atoms with Crippen molar-refractivity contribution in [3.05, 3.63) is 0 Å². The lowest BCUT2D eigenvalue weighted by molar-refractivity contribution is 0.351. The third-order valence-electron chi connectivity index (χ3n) is 2.97. The van der Waals surface area contributed by atoms with Crippen LogP contribution in [0.2, 0.25) is 0 Å². The molecule has 4 nitrogen and oxygen atoms in total. The van der Waals surface area contributed by atoms with Crippen molar-refractivity contribution in [2.24, 2.45) is 5.73 Å². The van der Waals surface area contributed by atoms with Crippen LogP contribution in [0.25, 0.3) is 0 Å². The number of nitrogens with zero attached hydrogens (tertiary/aromatic N) is 1. The second kappa shape index (κ2) is 5.42. The maximum Gasteiger partial charge on any atom is 0.217 e. The average Bonchev–Trinajstić information content (AvgIpc) is 2.65. The molecule has 0 bridgehead atoms. The molecule has 0 heterocycles. The van der Waals surface area contributed by atoms with E-state index in [1.807, 2.05) is 0 Å². The summed E-state index contributed by atoms with van der Waals surface area (Å²) < 4.78 is 25.8. The Kier molecular flexibility index (Phi) is 4.70. The van der Waals surface area contributed by atoms with Gasteiger partial charge in [0.2, 0.25) is 10.0 Å². The Labute approximate surface area is 103 Å². The van der Waals surface area contributed by atoms with E-state index < -0.39 is 15.3 Å². The molecule has 0 aromatic heterocycles. The molecule has 1 aliphatic carbocycles. The van der Waals surface area contributed by atoms with Crippen molar-refractivity contribution in [1.82, 2.24) is 4.31 Å². The van der Waals surface area contributed by atoms with Crippen LogP contribution < -0.4 is 5.73 Å². The monoisotopic (exact) mass is 264 g/mol. The Morgan fingerprint density at radius 1 is 1.44 bits per heavy atom. The van der Waals surface area contributed by atoms with Gasteiger partial charge in [0.1, 0.15) is 0 Å². The molecular weight excluding hydrogens is 244 g/mol. The molecule has 1 rings (SSSR count). The second-order valence-electron chi connectivity index (χ2n) is 4.54. The third-order valence-corrected chi connectivity index (χ3v) is 5.37. The van der Waals surface area contributed by atoms with Crippen molar-refractivity contribution in [3.8, 4) is 0 Å². The largest absolute Gasteiger partial charge is 0.392 e. The molecule has 2 N–H and O–H groups in total. The summed E-state index contributed by atoms with van der Waals surface area (Å²) in [7, 11) is -3.25. The maximum atomic E-state index is 12.2. The number of rotatable bonds is 5. The zero-order valence-electron chi connectivity index (χ0n) is 9.85. The van der Waals surface area contributed by atoms with Crippen LogP contribution in [-0.2, 0) is 10.0 Å². The van der Waals surface area contributed by atoms with Crippen molar-refractivity contribution in [2.45, 2.75) is 50.8 Å². The van der Waals surface area contributed by atoms with Gasteiger partial charge in [-0.2, -0.15) is 4.31 Å². The summed E-state index contributed by atoms with van der Waals surface area (Å²) in [6.45, 7) is 3.56. The Morgan fingerprint density at radius 3 is 2.31 bits per heavy atom. The van der Waals surface area contributed by atoms with Crippen molar-refractivity contribution in [3.63, 3.8) is 0 Å². The molecule has 0 aromatic carbocycles. The summed E-state index contributed by atoms with van der Waals surface area (Å²) in [6.07, 6.45) is 4.03. The molecule has 0 aliphatic heterocycles. The van der Waals surface area contributed by atoms with E-state index in [1.54, 1.807) is 13.8 Å². The minimum Gasteiger partial charge on any atom is -0.392 e. The van der Waals surface area contributed by atoms with Crippen LogP contribution in [0.4, 0.5) is 0 Å². The van der Waals surface area contributed by atoms with Gasteiger partial charge in [-0.25, -0.2) is 8.42 Å². The van der Waals surface area contributed by atoms with E-state index in [0.717, 1.165) is 25.7 Å². The topological polar surface area (TPSA) is 63.4 Å². The van der Waals surface area contributed by atoms with E-state index in [0.29, 0.717) is 0 Å². The predicted molar refractivity (Wildman–Crippen MR) is 69.8 cm³/mol. The van der Waals surface area contributed by atoms with Crippen LogP contribution in [0, 0.1) is 0 Å². The number of nitrogens with two attached hydrogens (primary N) is 1. The van der Waals surface area contributed by atoms with E-state index in [-0.39, 0.29) is 17.6 Å². The van der Waals surface area contributed by atoms with Gasteiger partial charge in [0.05, 0.1) is 16.8 Å². The average molecular weight is 264 g/mol. The Bertz CT molecular complexity index is 346. The lowest BCUT2D eigenvalue weighted by Gasteiger charge is -2.29. The summed E-state index contributed by atoms with van der Waals surface area (Å²) in [4.78, 5) is 0.246. The molecule has 94 valence electrons.